The second kappa shape index (κ2) is 6.53. The van der Waals surface area contributed by atoms with E-state index in [4.69, 9.17) is 10.8 Å². The highest BCUT2D eigenvalue weighted by Gasteiger charge is 2.36. The lowest BCUT2D eigenvalue weighted by Crippen LogP contribution is -2.44. The van der Waals surface area contributed by atoms with Gasteiger partial charge in [0.1, 0.15) is 6.54 Å². The third-order valence-electron chi connectivity index (χ3n) is 2.57. The van der Waals surface area contributed by atoms with Gasteiger partial charge in [0.15, 0.2) is 0 Å². The van der Waals surface area contributed by atoms with Crippen molar-refractivity contribution in [1.29, 1.82) is 0 Å². The predicted octanol–water partition coefficient (Wildman–Crippen LogP) is -1.99. The zero-order valence-corrected chi connectivity index (χ0v) is 11.1. The molecule has 4 N–H and O–H groups in total. The second-order valence-electron chi connectivity index (χ2n) is 4.04. The van der Waals surface area contributed by atoms with Crippen LogP contribution < -0.4 is 11.1 Å². The molecule has 2 atom stereocenters. The number of carbonyl (C=O) groups excluding carboxylic acids is 3. The molecule has 0 aromatic heterocycles. The topological polar surface area (TPSA) is 130 Å². The van der Waals surface area contributed by atoms with Gasteiger partial charge in [-0.3, -0.25) is 24.1 Å². The number of hydrogen-bond acceptors (Lipinski definition) is 6. The van der Waals surface area contributed by atoms with Crippen molar-refractivity contribution in [3.8, 4) is 0 Å². The molecule has 1 fully saturated rings. The Morgan fingerprint density at radius 3 is 2.68 bits per heavy atom. The summed E-state index contributed by atoms with van der Waals surface area (Å²) in [5.41, 5.74) is 5.56. The van der Waals surface area contributed by atoms with Crippen LogP contribution in [-0.4, -0.2) is 64.3 Å². The van der Waals surface area contributed by atoms with Crippen molar-refractivity contribution in [2.45, 2.75) is 17.7 Å². The smallest absolute Gasteiger partial charge is 0.322 e. The van der Waals surface area contributed by atoms with Gasteiger partial charge in [-0.2, -0.15) is 0 Å². The van der Waals surface area contributed by atoms with Gasteiger partial charge in [0.05, 0.1) is 11.3 Å². The minimum Gasteiger partial charge on any atom is -0.480 e. The maximum absolute atomic E-state index is 11.6. The summed E-state index contributed by atoms with van der Waals surface area (Å²) < 4.78 is 0. The second-order valence-corrected chi connectivity index (χ2v) is 5.27. The maximum Gasteiger partial charge on any atom is 0.322 e. The van der Waals surface area contributed by atoms with Gasteiger partial charge < -0.3 is 16.2 Å². The standard InChI is InChI=1S/C10H15N3O5S/c1-13-7(14)2-6(10(13)18)19-4-5(11)9(17)12-3-8(15)16/h5-6H,2-4,11H2,1H3,(H,12,17)(H,15,16). The molecule has 19 heavy (non-hydrogen) atoms. The Bertz CT molecular complexity index is 414. The summed E-state index contributed by atoms with van der Waals surface area (Å²) in [4.78, 5) is 45.5. The Kier molecular flexibility index (Phi) is 5.31. The fourth-order valence-corrected chi connectivity index (χ4v) is 2.59. The zero-order chi connectivity index (χ0) is 14.6. The van der Waals surface area contributed by atoms with Gasteiger partial charge in [-0.1, -0.05) is 0 Å². The number of amides is 3. The SMILES string of the molecule is CN1C(=O)CC(SCC(N)C(=O)NCC(=O)O)C1=O. The number of nitrogens with zero attached hydrogens (tertiary/aromatic N) is 1. The van der Waals surface area contributed by atoms with Crippen molar-refractivity contribution < 1.29 is 24.3 Å². The number of carbonyl (C=O) groups is 4. The van der Waals surface area contributed by atoms with Crippen LogP contribution in [0.4, 0.5) is 0 Å². The number of nitrogens with one attached hydrogen (secondary N) is 1. The van der Waals surface area contributed by atoms with Crippen LogP contribution in [0.5, 0.6) is 0 Å². The highest BCUT2D eigenvalue weighted by molar-refractivity contribution is 8.00. The van der Waals surface area contributed by atoms with Crippen molar-refractivity contribution in [2.75, 3.05) is 19.3 Å². The minimum atomic E-state index is -1.16. The van der Waals surface area contributed by atoms with Crippen LogP contribution in [0.1, 0.15) is 6.42 Å². The summed E-state index contributed by atoms with van der Waals surface area (Å²) >= 11 is 1.13. The van der Waals surface area contributed by atoms with Crippen LogP contribution in [0.25, 0.3) is 0 Å². The molecule has 106 valence electrons. The average Bonchev–Trinajstić information content (AvgIpc) is 2.60. The van der Waals surface area contributed by atoms with Crippen LogP contribution in [-0.2, 0) is 19.2 Å². The first kappa shape index (κ1) is 15.4. The summed E-state index contributed by atoms with van der Waals surface area (Å²) in [5.74, 6) is -2.17. The molecule has 1 aliphatic heterocycles. The molecule has 0 bridgehead atoms. The normalized spacial score (nSPS) is 20.5. The average molecular weight is 289 g/mol. The van der Waals surface area contributed by atoms with E-state index < -0.39 is 29.7 Å². The lowest BCUT2D eigenvalue weighted by atomic mass is 10.3. The number of hydrogen-bond donors (Lipinski definition) is 3. The van der Waals surface area contributed by atoms with E-state index in [-0.39, 0.29) is 24.0 Å². The molecule has 8 nitrogen and oxygen atoms in total. The zero-order valence-electron chi connectivity index (χ0n) is 10.3. The number of thioether (sulfide) groups is 1. The Labute approximate surface area is 113 Å². The van der Waals surface area contributed by atoms with E-state index in [2.05, 4.69) is 5.32 Å². The molecule has 0 aromatic carbocycles. The third-order valence-corrected chi connectivity index (χ3v) is 3.89. The first-order valence-electron chi connectivity index (χ1n) is 5.50. The van der Waals surface area contributed by atoms with Crippen molar-refractivity contribution in [3.05, 3.63) is 0 Å². The number of carboxylic acids is 1. The van der Waals surface area contributed by atoms with Crippen molar-refractivity contribution in [1.82, 2.24) is 10.2 Å². The Balaban J connectivity index is 2.36. The summed E-state index contributed by atoms with van der Waals surface area (Å²) in [6, 6.07) is -0.918. The molecule has 0 aromatic rings. The Morgan fingerprint density at radius 1 is 1.58 bits per heavy atom. The molecule has 1 heterocycles. The van der Waals surface area contributed by atoms with Crippen molar-refractivity contribution in [2.24, 2.45) is 5.73 Å². The first-order chi connectivity index (χ1) is 8.82. The molecule has 1 saturated heterocycles. The van der Waals surface area contributed by atoms with Gasteiger partial charge in [0.2, 0.25) is 17.7 Å². The number of imide groups is 1. The highest BCUT2D eigenvalue weighted by Crippen LogP contribution is 2.24. The van der Waals surface area contributed by atoms with Gasteiger partial charge in [0, 0.05) is 19.2 Å². The molecule has 0 aliphatic carbocycles. The van der Waals surface area contributed by atoms with Crippen LogP contribution in [0, 0.1) is 0 Å². The molecule has 0 spiro atoms. The molecule has 9 heteroatoms. The fraction of sp³-hybridized carbons (Fsp3) is 0.600. The predicted molar refractivity (Wildman–Crippen MR) is 67.3 cm³/mol. The maximum atomic E-state index is 11.6. The summed E-state index contributed by atoms with van der Waals surface area (Å²) in [6.45, 7) is -0.499. The van der Waals surface area contributed by atoms with Crippen molar-refractivity contribution >= 4 is 35.5 Å². The van der Waals surface area contributed by atoms with E-state index in [9.17, 15) is 19.2 Å². The van der Waals surface area contributed by atoms with Crippen LogP contribution in [0.2, 0.25) is 0 Å². The highest BCUT2D eigenvalue weighted by atomic mass is 32.2. The van der Waals surface area contributed by atoms with E-state index in [0.29, 0.717) is 0 Å². The van der Waals surface area contributed by atoms with Gasteiger partial charge in [-0.15, -0.1) is 11.8 Å². The van der Waals surface area contributed by atoms with Gasteiger partial charge in [-0.25, -0.2) is 0 Å². The van der Waals surface area contributed by atoms with Crippen LogP contribution in [0.15, 0.2) is 0 Å². The third kappa shape index (κ3) is 4.21. The molecule has 1 rings (SSSR count). The summed E-state index contributed by atoms with van der Waals surface area (Å²) in [5, 5.41) is 10.0. The molecule has 2 unspecified atom stereocenters. The molecule has 0 radical (unpaired) electrons. The number of rotatable bonds is 6. The van der Waals surface area contributed by atoms with Gasteiger partial charge >= 0.3 is 5.97 Å². The van der Waals surface area contributed by atoms with E-state index in [1.807, 2.05) is 0 Å². The minimum absolute atomic E-state index is 0.101. The number of aliphatic carboxylic acids is 1. The quantitative estimate of drug-likeness (QED) is 0.482. The van der Waals surface area contributed by atoms with Gasteiger partial charge in [0.25, 0.3) is 0 Å². The largest absolute Gasteiger partial charge is 0.480 e. The molecular weight excluding hydrogens is 274 g/mol. The molecule has 0 saturated carbocycles. The van der Waals surface area contributed by atoms with E-state index in [1.54, 1.807) is 0 Å². The summed E-state index contributed by atoms with van der Waals surface area (Å²) in [7, 11) is 1.41. The van der Waals surface area contributed by atoms with E-state index in [0.717, 1.165) is 16.7 Å². The Morgan fingerprint density at radius 2 is 2.21 bits per heavy atom. The lowest BCUT2D eigenvalue weighted by molar-refractivity contribution is -0.138. The van der Waals surface area contributed by atoms with E-state index >= 15 is 0 Å². The van der Waals surface area contributed by atoms with Crippen molar-refractivity contribution in [3.63, 3.8) is 0 Å². The van der Waals surface area contributed by atoms with Crippen LogP contribution >= 0.6 is 11.8 Å². The number of nitrogens with two attached hydrogens (primary N) is 1. The molecule has 3 amide bonds. The monoisotopic (exact) mass is 289 g/mol. The first-order valence-corrected chi connectivity index (χ1v) is 6.55. The van der Waals surface area contributed by atoms with Gasteiger partial charge in [-0.05, 0) is 0 Å². The summed E-state index contributed by atoms with van der Waals surface area (Å²) in [6.07, 6.45) is 0.101. The Hall–Kier alpha value is -1.61. The lowest BCUT2D eigenvalue weighted by Gasteiger charge is -2.13. The molecule has 1 aliphatic rings. The number of carboxylic acid groups (broad SMARTS) is 1. The van der Waals surface area contributed by atoms with E-state index in [1.165, 1.54) is 7.05 Å². The fourth-order valence-electron chi connectivity index (χ4n) is 1.44. The van der Waals surface area contributed by atoms with Crippen LogP contribution in [0.3, 0.4) is 0 Å². The number of likely N-dealkylation sites (tertiary alicyclic amines) is 1. The molecular formula is C10H15N3O5S.